The van der Waals surface area contributed by atoms with E-state index in [0.29, 0.717) is 51.8 Å². The Morgan fingerprint density at radius 1 is 1.20 bits per heavy atom. The van der Waals surface area contributed by atoms with Crippen LogP contribution in [0.1, 0.15) is 24.0 Å². The van der Waals surface area contributed by atoms with E-state index in [1.807, 2.05) is 12.1 Å². The Hall–Kier alpha value is -0.980. The topological polar surface area (TPSA) is 32.3 Å². The van der Waals surface area contributed by atoms with Gasteiger partial charge in [0.05, 0.1) is 5.92 Å². The van der Waals surface area contributed by atoms with Gasteiger partial charge in [-0.15, -0.1) is 0 Å². The summed E-state index contributed by atoms with van der Waals surface area (Å²) in [5, 5.41) is 4.73. The highest BCUT2D eigenvalue weighted by Gasteiger charge is 2.25. The molecule has 1 aliphatic rings. The first-order valence-electron chi connectivity index (χ1n) is 9.88. The van der Waals surface area contributed by atoms with Crippen LogP contribution in [0, 0.1) is 11.7 Å². The Morgan fingerprint density at radius 3 is 2.80 bits per heavy atom. The Morgan fingerprint density at radius 2 is 2.03 bits per heavy atom. The quantitative estimate of drug-likeness (QED) is 0.458. The third-order valence-corrected chi connectivity index (χ3v) is 7.07. The summed E-state index contributed by atoms with van der Waals surface area (Å²) in [6.07, 6.45) is 1.86. The van der Waals surface area contributed by atoms with Crippen LogP contribution in [-0.4, -0.2) is 36.2 Å². The van der Waals surface area contributed by atoms with Gasteiger partial charge in [0.1, 0.15) is 5.82 Å². The first-order chi connectivity index (χ1) is 14.4. The standard InChI is InChI=1S/C22H24Cl3FN2OS/c23-17-7-6-15(20(25)11-17)12-28-9-2-3-16(13-28)22(29)27-8-10-30-14-18-19(24)4-1-5-21(18)26/h1,4-7,11,16H,2-3,8-10,12-14H2,(H,27,29). The van der Waals surface area contributed by atoms with Crippen LogP contribution >= 0.6 is 46.6 Å². The van der Waals surface area contributed by atoms with Gasteiger partial charge in [0.2, 0.25) is 5.91 Å². The number of rotatable bonds is 8. The van der Waals surface area contributed by atoms with E-state index >= 15 is 0 Å². The molecule has 8 heteroatoms. The zero-order valence-electron chi connectivity index (χ0n) is 16.5. The summed E-state index contributed by atoms with van der Waals surface area (Å²) in [6.45, 7) is 2.92. The zero-order valence-corrected chi connectivity index (χ0v) is 19.6. The van der Waals surface area contributed by atoms with Crippen molar-refractivity contribution >= 4 is 52.5 Å². The third-order valence-electron chi connectivity index (χ3n) is 5.14. The van der Waals surface area contributed by atoms with E-state index in [0.717, 1.165) is 24.9 Å². The normalized spacial score (nSPS) is 17.1. The molecule has 2 aromatic rings. The number of likely N-dealkylation sites (tertiary alicyclic amines) is 1. The highest BCUT2D eigenvalue weighted by atomic mass is 35.5. The van der Waals surface area contributed by atoms with Gasteiger partial charge in [0.25, 0.3) is 0 Å². The number of thioether (sulfide) groups is 1. The van der Waals surface area contributed by atoms with E-state index in [1.54, 1.807) is 30.0 Å². The van der Waals surface area contributed by atoms with Gasteiger partial charge in [-0.2, -0.15) is 11.8 Å². The molecule has 0 aliphatic carbocycles. The fourth-order valence-electron chi connectivity index (χ4n) is 3.54. The van der Waals surface area contributed by atoms with Crippen molar-refractivity contribution < 1.29 is 9.18 Å². The molecule has 3 nitrogen and oxygen atoms in total. The van der Waals surface area contributed by atoms with Crippen LogP contribution in [0.25, 0.3) is 0 Å². The van der Waals surface area contributed by atoms with E-state index in [2.05, 4.69) is 10.2 Å². The van der Waals surface area contributed by atoms with Crippen LogP contribution < -0.4 is 5.32 Å². The third kappa shape index (κ3) is 6.76. The molecular weight excluding hydrogens is 466 g/mol. The van der Waals surface area contributed by atoms with Gasteiger partial charge in [-0.3, -0.25) is 9.69 Å². The van der Waals surface area contributed by atoms with Crippen molar-refractivity contribution in [3.8, 4) is 0 Å². The van der Waals surface area contributed by atoms with Crippen LogP contribution in [-0.2, 0) is 17.1 Å². The molecule has 1 unspecified atom stereocenters. The molecule has 1 saturated heterocycles. The molecule has 30 heavy (non-hydrogen) atoms. The van der Waals surface area contributed by atoms with Gasteiger partial charge in [-0.25, -0.2) is 4.39 Å². The van der Waals surface area contributed by atoms with Crippen LogP contribution in [0.5, 0.6) is 0 Å². The lowest BCUT2D eigenvalue weighted by atomic mass is 9.96. The molecule has 0 spiro atoms. The molecule has 0 radical (unpaired) electrons. The fourth-order valence-corrected chi connectivity index (χ4v) is 5.20. The molecule has 3 rings (SSSR count). The monoisotopic (exact) mass is 488 g/mol. The zero-order chi connectivity index (χ0) is 21.5. The van der Waals surface area contributed by atoms with E-state index in [1.165, 1.54) is 6.07 Å². The van der Waals surface area contributed by atoms with E-state index in [9.17, 15) is 9.18 Å². The van der Waals surface area contributed by atoms with Gasteiger partial charge in [-0.1, -0.05) is 46.9 Å². The minimum atomic E-state index is -0.290. The second-order valence-corrected chi connectivity index (χ2v) is 9.71. The Bertz CT molecular complexity index is 863. The number of hydrogen-bond acceptors (Lipinski definition) is 3. The Balaban J connectivity index is 1.40. The maximum atomic E-state index is 13.8. The lowest BCUT2D eigenvalue weighted by molar-refractivity contribution is -0.126. The predicted octanol–water partition coefficient (Wildman–Crippen LogP) is 6.05. The number of carbonyl (C=O) groups excluding carboxylic acids is 1. The predicted molar refractivity (Wildman–Crippen MR) is 125 cm³/mol. The Kier molecular flexibility index (Phi) is 9.14. The maximum absolute atomic E-state index is 13.8. The summed E-state index contributed by atoms with van der Waals surface area (Å²) in [4.78, 5) is 14.8. The average molecular weight is 490 g/mol. The molecule has 1 amide bonds. The van der Waals surface area contributed by atoms with Gasteiger partial charge < -0.3 is 5.32 Å². The summed E-state index contributed by atoms with van der Waals surface area (Å²) in [5.74, 6) is 0.942. The number of carbonyl (C=O) groups is 1. The van der Waals surface area contributed by atoms with Gasteiger partial charge in [-0.05, 0) is 49.2 Å². The van der Waals surface area contributed by atoms with Crippen molar-refractivity contribution in [1.82, 2.24) is 10.2 Å². The van der Waals surface area contributed by atoms with Crippen molar-refractivity contribution in [2.45, 2.75) is 25.1 Å². The first kappa shape index (κ1) is 23.7. The number of nitrogens with zero attached hydrogens (tertiary/aromatic N) is 1. The molecule has 1 atom stereocenters. The highest BCUT2D eigenvalue weighted by Crippen LogP contribution is 2.26. The molecule has 1 heterocycles. The number of benzene rings is 2. The smallest absolute Gasteiger partial charge is 0.224 e. The van der Waals surface area contributed by atoms with E-state index in [4.69, 9.17) is 34.8 Å². The summed E-state index contributed by atoms with van der Waals surface area (Å²) < 4.78 is 13.8. The number of piperidine rings is 1. The van der Waals surface area contributed by atoms with E-state index < -0.39 is 0 Å². The molecule has 162 valence electrons. The minimum absolute atomic E-state index is 0.0316. The second kappa shape index (κ2) is 11.6. The van der Waals surface area contributed by atoms with Crippen LogP contribution in [0.3, 0.4) is 0 Å². The largest absolute Gasteiger partial charge is 0.355 e. The number of hydrogen-bond donors (Lipinski definition) is 1. The Labute approximate surface area is 196 Å². The molecule has 1 N–H and O–H groups in total. The summed E-state index contributed by atoms with van der Waals surface area (Å²) in [7, 11) is 0. The molecule has 1 aliphatic heterocycles. The van der Waals surface area contributed by atoms with Crippen molar-refractivity contribution in [2.24, 2.45) is 5.92 Å². The SMILES string of the molecule is O=C(NCCSCc1c(F)cccc1Cl)C1CCCN(Cc2ccc(Cl)cc2Cl)C1. The molecular formula is C22H24Cl3FN2OS. The van der Waals surface area contributed by atoms with Gasteiger partial charge in [0.15, 0.2) is 0 Å². The van der Waals surface area contributed by atoms with Crippen LogP contribution in [0.4, 0.5) is 4.39 Å². The lowest BCUT2D eigenvalue weighted by Gasteiger charge is -2.32. The van der Waals surface area contributed by atoms with Crippen LogP contribution in [0.15, 0.2) is 36.4 Å². The number of amides is 1. The fraction of sp³-hybridized carbons (Fsp3) is 0.409. The first-order valence-corrected chi connectivity index (χ1v) is 12.2. The summed E-state index contributed by atoms with van der Waals surface area (Å²) in [6, 6.07) is 10.2. The number of halogens is 4. The van der Waals surface area contributed by atoms with Crippen molar-refractivity contribution in [3.05, 3.63) is 68.4 Å². The maximum Gasteiger partial charge on any atom is 0.224 e. The lowest BCUT2D eigenvalue weighted by Crippen LogP contribution is -2.43. The van der Waals surface area contributed by atoms with E-state index in [-0.39, 0.29) is 17.6 Å². The van der Waals surface area contributed by atoms with Crippen LogP contribution in [0.2, 0.25) is 15.1 Å². The minimum Gasteiger partial charge on any atom is -0.355 e. The molecule has 0 aromatic heterocycles. The van der Waals surface area contributed by atoms with Gasteiger partial charge >= 0.3 is 0 Å². The second-order valence-electron chi connectivity index (χ2n) is 7.35. The summed E-state index contributed by atoms with van der Waals surface area (Å²) >= 11 is 19.8. The van der Waals surface area contributed by atoms with Crippen molar-refractivity contribution in [3.63, 3.8) is 0 Å². The molecule has 2 aromatic carbocycles. The van der Waals surface area contributed by atoms with Gasteiger partial charge in [0, 0.05) is 51.8 Å². The number of nitrogens with one attached hydrogen (secondary N) is 1. The van der Waals surface area contributed by atoms with Crippen molar-refractivity contribution in [1.29, 1.82) is 0 Å². The molecule has 0 saturated carbocycles. The highest BCUT2D eigenvalue weighted by molar-refractivity contribution is 7.98. The average Bonchev–Trinajstić information content (AvgIpc) is 2.72. The molecule has 0 bridgehead atoms. The summed E-state index contributed by atoms with van der Waals surface area (Å²) in [5.41, 5.74) is 1.53. The van der Waals surface area contributed by atoms with Crippen molar-refractivity contribution in [2.75, 3.05) is 25.4 Å². The molecule has 1 fully saturated rings.